The van der Waals surface area contributed by atoms with Crippen LogP contribution in [-0.4, -0.2) is 16.0 Å². The molecule has 0 fully saturated rings. The normalized spacial score (nSPS) is 23.1. The summed E-state index contributed by atoms with van der Waals surface area (Å²) in [6.45, 7) is 0. The van der Waals surface area contributed by atoms with Gasteiger partial charge in [0.25, 0.3) is 0 Å². The van der Waals surface area contributed by atoms with Gasteiger partial charge in [-0.1, -0.05) is 60.2 Å². The number of allylic oxidation sites excluding steroid dienone is 3. The zero-order valence-corrected chi connectivity index (χ0v) is 10.5. The summed E-state index contributed by atoms with van der Waals surface area (Å²) in [6, 6.07) is 9.60. The molecule has 0 amide bonds. The first kappa shape index (κ1) is 12.8. The molecule has 1 unspecified atom stereocenters. The van der Waals surface area contributed by atoms with Gasteiger partial charge >= 0.3 is 0 Å². The molecule has 0 heterocycles. The van der Waals surface area contributed by atoms with Gasteiger partial charge in [-0.3, -0.25) is 4.79 Å². The van der Waals surface area contributed by atoms with Crippen LogP contribution in [0.1, 0.15) is 12.0 Å². The fraction of sp³-hybridized carbons (Fsp3) is 0.133. The second kappa shape index (κ2) is 5.34. The van der Waals surface area contributed by atoms with Gasteiger partial charge in [0.2, 0.25) is 0 Å². The SMILES string of the molecule is O=C(C=Cc1ccccc1)C1=CCC(O)(Cl)C=C1. The summed E-state index contributed by atoms with van der Waals surface area (Å²) in [7, 11) is 0. The van der Waals surface area contributed by atoms with Crippen LogP contribution in [0, 0.1) is 0 Å². The highest BCUT2D eigenvalue weighted by molar-refractivity contribution is 6.24. The van der Waals surface area contributed by atoms with Crippen LogP contribution in [0.25, 0.3) is 6.08 Å². The summed E-state index contributed by atoms with van der Waals surface area (Å²) in [5.74, 6) is -0.0951. The Morgan fingerprint density at radius 1 is 1.33 bits per heavy atom. The molecular formula is C15H13ClO2. The molecule has 2 rings (SSSR count). The Hall–Kier alpha value is -1.64. The predicted octanol–water partition coefficient (Wildman–Crippen LogP) is 3.08. The zero-order chi connectivity index (χ0) is 13.0. The van der Waals surface area contributed by atoms with E-state index in [9.17, 15) is 9.90 Å². The van der Waals surface area contributed by atoms with Crippen molar-refractivity contribution < 1.29 is 9.90 Å². The number of hydrogen-bond donors (Lipinski definition) is 1. The number of benzene rings is 1. The van der Waals surface area contributed by atoms with Crippen molar-refractivity contribution in [1.82, 2.24) is 0 Å². The first-order valence-corrected chi connectivity index (χ1v) is 6.03. The topological polar surface area (TPSA) is 37.3 Å². The monoisotopic (exact) mass is 260 g/mol. The molecule has 1 aromatic carbocycles. The van der Waals surface area contributed by atoms with Crippen molar-refractivity contribution in [3.05, 3.63) is 65.8 Å². The molecule has 0 bridgehead atoms. The van der Waals surface area contributed by atoms with Crippen molar-refractivity contribution in [2.24, 2.45) is 0 Å². The summed E-state index contributed by atoms with van der Waals surface area (Å²) in [4.78, 5) is 11.9. The van der Waals surface area contributed by atoms with Crippen LogP contribution >= 0.6 is 11.6 Å². The summed E-state index contributed by atoms with van der Waals surface area (Å²) in [5.41, 5.74) is 1.52. The molecule has 0 saturated heterocycles. The third-order valence-corrected chi connectivity index (χ3v) is 2.92. The minimum absolute atomic E-state index is 0.0951. The summed E-state index contributed by atoms with van der Waals surface area (Å²) in [6.07, 6.45) is 8.14. The van der Waals surface area contributed by atoms with Gasteiger partial charge in [-0.05, 0) is 17.7 Å². The molecule has 18 heavy (non-hydrogen) atoms. The second-order valence-electron chi connectivity index (χ2n) is 4.12. The van der Waals surface area contributed by atoms with Crippen LogP contribution in [0.4, 0.5) is 0 Å². The van der Waals surface area contributed by atoms with E-state index in [0.29, 0.717) is 5.57 Å². The van der Waals surface area contributed by atoms with Gasteiger partial charge in [-0.15, -0.1) is 0 Å². The van der Waals surface area contributed by atoms with E-state index in [-0.39, 0.29) is 12.2 Å². The molecule has 0 aliphatic heterocycles. The molecule has 1 aliphatic carbocycles. The average molecular weight is 261 g/mol. The number of alkyl halides is 1. The smallest absolute Gasteiger partial charge is 0.185 e. The van der Waals surface area contributed by atoms with Crippen molar-refractivity contribution in [1.29, 1.82) is 0 Å². The molecule has 1 N–H and O–H groups in total. The number of carbonyl (C=O) groups excluding carboxylic acids is 1. The predicted molar refractivity (Wildman–Crippen MR) is 73.1 cm³/mol. The van der Waals surface area contributed by atoms with Crippen LogP contribution in [0.15, 0.2) is 60.2 Å². The second-order valence-corrected chi connectivity index (χ2v) is 4.78. The molecule has 92 valence electrons. The molecule has 1 aliphatic rings. The molecule has 1 aromatic rings. The van der Waals surface area contributed by atoms with Gasteiger partial charge in [-0.25, -0.2) is 0 Å². The Bertz CT molecular complexity index is 525. The van der Waals surface area contributed by atoms with Crippen LogP contribution in [0.2, 0.25) is 0 Å². The van der Waals surface area contributed by atoms with E-state index in [1.807, 2.05) is 30.3 Å². The molecular weight excluding hydrogens is 248 g/mol. The maximum absolute atomic E-state index is 11.9. The molecule has 1 atom stereocenters. The summed E-state index contributed by atoms with van der Waals surface area (Å²) < 4.78 is 0. The van der Waals surface area contributed by atoms with Gasteiger partial charge in [0.15, 0.2) is 10.8 Å². The van der Waals surface area contributed by atoms with Gasteiger partial charge in [0.05, 0.1) is 0 Å². The lowest BCUT2D eigenvalue weighted by molar-refractivity contribution is -0.111. The van der Waals surface area contributed by atoms with Crippen LogP contribution in [-0.2, 0) is 4.79 Å². The fourth-order valence-electron chi connectivity index (χ4n) is 1.62. The van der Waals surface area contributed by atoms with Crippen molar-refractivity contribution in [3.63, 3.8) is 0 Å². The zero-order valence-electron chi connectivity index (χ0n) is 9.71. The minimum Gasteiger partial charge on any atom is -0.371 e. The van der Waals surface area contributed by atoms with Crippen LogP contribution in [0.5, 0.6) is 0 Å². The number of carbonyl (C=O) groups is 1. The lowest BCUT2D eigenvalue weighted by atomic mass is 10.0. The fourth-order valence-corrected chi connectivity index (χ4v) is 1.76. The summed E-state index contributed by atoms with van der Waals surface area (Å²) in [5, 5.41) is 8.13. The number of ketones is 1. The lowest BCUT2D eigenvalue weighted by Gasteiger charge is -2.17. The molecule has 0 saturated carbocycles. The Labute approximate surface area is 111 Å². The first-order chi connectivity index (χ1) is 8.57. The largest absolute Gasteiger partial charge is 0.371 e. The maximum atomic E-state index is 11.9. The van der Waals surface area contributed by atoms with E-state index < -0.39 is 5.06 Å². The number of rotatable bonds is 3. The number of hydrogen-bond acceptors (Lipinski definition) is 2. The highest BCUT2D eigenvalue weighted by atomic mass is 35.5. The van der Waals surface area contributed by atoms with E-state index in [0.717, 1.165) is 5.56 Å². The quantitative estimate of drug-likeness (QED) is 0.670. The average Bonchev–Trinajstić information content (AvgIpc) is 2.37. The third kappa shape index (κ3) is 3.42. The van der Waals surface area contributed by atoms with Crippen molar-refractivity contribution in [2.45, 2.75) is 11.5 Å². The van der Waals surface area contributed by atoms with Gasteiger partial charge in [0, 0.05) is 12.0 Å². The van der Waals surface area contributed by atoms with Crippen molar-refractivity contribution in [3.8, 4) is 0 Å². The van der Waals surface area contributed by atoms with Crippen LogP contribution in [0.3, 0.4) is 0 Å². The molecule has 3 heteroatoms. The Morgan fingerprint density at radius 2 is 2.06 bits per heavy atom. The van der Waals surface area contributed by atoms with Gasteiger partial charge in [-0.2, -0.15) is 0 Å². The van der Waals surface area contributed by atoms with E-state index in [4.69, 9.17) is 11.6 Å². The lowest BCUT2D eigenvalue weighted by Crippen LogP contribution is -2.19. The van der Waals surface area contributed by atoms with Crippen LogP contribution < -0.4 is 0 Å². The Kier molecular flexibility index (Phi) is 3.80. The molecule has 0 spiro atoms. The number of halogens is 1. The number of aliphatic hydroxyl groups is 1. The van der Waals surface area contributed by atoms with Crippen molar-refractivity contribution in [2.75, 3.05) is 0 Å². The Balaban J connectivity index is 2.04. The maximum Gasteiger partial charge on any atom is 0.185 e. The van der Waals surface area contributed by atoms with E-state index in [2.05, 4.69) is 0 Å². The third-order valence-electron chi connectivity index (χ3n) is 2.64. The van der Waals surface area contributed by atoms with Gasteiger partial charge < -0.3 is 5.11 Å². The van der Waals surface area contributed by atoms with E-state index in [1.165, 1.54) is 12.2 Å². The van der Waals surface area contributed by atoms with Gasteiger partial charge in [0.1, 0.15) is 0 Å². The van der Waals surface area contributed by atoms with E-state index >= 15 is 0 Å². The molecule has 2 nitrogen and oxygen atoms in total. The summed E-state index contributed by atoms with van der Waals surface area (Å²) >= 11 is 5.71. The van der Waals surface area contributed by atoms with E-state index in [1.54, 1.807) is 18.2 Å². The minimum atomic E-state index is -1.35. The van der Waals surface area contributed by atoms with Crippen molar-refractivity contribution >= 4 is 23.5 Å². The standard InChI is InChI=1S/C15H13ClO2/c16-15(18)10-8-13(9-11-15)14(17)7-6-12-4-2-1-3-5-12/h1-10,18H,11H2. The first-order valence-electron chi connectivity index (χ1n) is 5.65. The Morgan fingerprint density at radius 3 is 2.67 bits per heavy atom. The highest BCUT2D eigenvalue weighted by Gasteiger charge is 2.22. The highest BCUT2D eigenvalue weighted by Crippen LogP contribution is 2.25. The molecule has 0 radical (unpaired) electrons. The molecule has 0 aromatic heterocycles.